The number of hydrogen-bond donors (Lipinski definition) is 0. The molecule has 0 atom stereocenters. The van der Waals surface area contributed by atoms with Crippen molar-refractivity contribution >= 4 is 11.9 Å². The molecule has 5 nitrogen and oxygen atoms in total. The second kappa shape index (κ2) is 6.99. The van der Waals surface area contributed by atoms with Crippen molar-refractivity contribution in [1.29, 1.82) is 0 Å². The maximum atomic E-state index is 11.8. The minimum atomic E-state index is 0.115. The summed E-state index contributed by atoms with van der Waals surface area (Å²) in [5.74, 6) is 0.760. The Balaban J connectivity index is 1.64. The number of anilines is 1. The molecule has 24 heavy (non-hydrogen) atoms. The molecule has 1 aromatic carbocycles. The van der Waals surface area contributed by atoms with E-state index in [2.05, 4.69) is 42.0 Å². The summed E-state index contributed by atoms with van der Waals surface area (Å²) in [7, 11) is 1.83. The smallest absolute Gasteiger partial charge is 0.242 e. The Bertz CT molecular complexity index is 706. The molecule has 5 heteroatoms. The monoisotopic (exact) mass is 324 g/mol. The Morgan fingerprint density at radius 2 is 1.71 bits per heavy atom. The number of piperazine rings is 1. The van der Waals surface area contributed by atoms with Crippen LogP contribution >= 0.6 is 0 Å². The van der Waals surface area contributed by atoms with Crippen LogP contribution in [0.1, 0.15) is 22.3 Å². The average Bonchev–Trinajstić information content (AvgIpc) is 2.57. The van der Waals surface area contributed by atoms with Crippen LogP contribution < -0.4 is 4.90 Å². The molecule has 1 amide bonds. The first-order valence-corrected chi connectivity index (χ1v) is 8.39. The van der Waals surface area contributed by atoms with E-state index in [4.69, 9.17) is 0 Å². The summed E-state index contributed by atoms with van der Waals surface area (Å²) >= 11 is 0. The molecule has 126 valence electrons. The van der Waals surface area contributed by atoms with Gasteiger partial charge in [-0.3, -0.25) is 4.79 Å². The second-order valence-electron chi connectivity index (χ2n) is 6.50. The van der Waals surface area contributed by atoms with Gasteiger partial charge in [-0.1, -0.05) is 18.2 Å². The first-order chi connectivity index (χ1) is 11.5. The predicted molar refractivity (Wildman–Crippen MR) is 95.2 cm³/mol. The molecule has 1 saturated heterocycles. The fraction of sp³-hybridized carbons (Fsp3) is 0.421. The Morgan fingerprint density at radius 3 is 2.33 bits per heavy atom. The molecule has 1 aromatic heterocycles. The van der Waals surface area contributed by atoms with Gasteiger partial charge in [-0.05, 0) is 48.9 Å². The summed E-state index contributed by atoms with van der Waals surface area (Å²) < 4.78 is 0. The molecular weight excluding hydrogens is 300 g/mol. The molecule has 3 rings (SSSR count). The molecule has 1 aliphatic rings. The first-order valence-electron chi connectivity index (χ1n) is 8.39. The summed E-state index contributed by atoms with van der Waals surface area (Å²) in [6.07, 6.45) is 5.69. The van der Waals surface area contributed by atoms with Crippen molar-refractivity contribution in [2.75, 3.05) is 31.6 Å². The lowest BCUT2D eigenvalue weighted by atomic mass is 9.97. The van der Waals surface area contributed by atoms with Gasteiger partial charge in [0.25, 0.3) is 0 Å². The molecule has 1 aliphatic heterocycles. The molecule has 0 N–H and O–H groups in total. The van der Waals surface area contributed by atoms with Gasteiger partial charge in [-0.15, -0.1) is 0 Å². The minimum Gasteiger partial charge on any atom is -0.342 e. The minimum absolute atomic E-state index is 0.115. The van der Waals surface area contributed by atoms with Gasteiger partial charge in [0.2, 0.25) is 11.9 Å². The molecule has 0 aliphatic carbocycles. The fourth-order valence-electron chi connectivity index (χ4n) is 3.08. The van der Waals surface area contributed by atoms with Crippen LogP contribution in [-0.4, -0.2) is 47.5 Å². The molecule has 1 fully saturated rings. The lowest BCUT2D eigenvalue weighted by Crippen LogP contribution is -2.49. The van der Waals surface area contributed by atoms with E-state index in [9.17, 15) is 4.79 Å². The Labute approximate surface area is 143 Å². The van der Waals surface area contributed by atoms with Gasteiger partial charge in [0.05, 0.1) is 6.54 Å². The van der Waals surface area contributed by atoms with Gasteiger partial charge in [0.1, 0.15) is 0 Å². The van der Waals surface area contributed by atoms with Crippen molar-refractivity contribution < 1.29 is 4.79 Å². The standard InChI is InChI=1S/C19H24N4O/c1-14-5-4-6-15(2)17(14)8-7-16-11-20-19(21-12-16)23-10-9-22(3)18(24)13-23/h4-6,11-12H,7-10,13H2,1-3H3. The highest BCUT2D eigenvalue weighted by atomic mass is 16.2. The van der Waals surface area contributed by atoms with Gasteiger partial charge in [-0.25, -0.2) is 9.97 Å². The summed E-state index contributed by atoms with van der Waals surface area (Å²) in [5.41, 5.74) is 5.21. The van der Waals surface area contributed by atoms with Crippen molar-refractivity contribution in [3.8, 4) is 0 Å². The highest BCUT2D eigenvalue weighted by molar-refractivity contribution is 5.81. The van der Waals surface area contributed by atoms with Crippen LogP contribution in [0.5, 0.6) is 0 Å². The van der Waals surface area contributed by atoms with Crippen LogP contribution in [-0.2, 0) is 17.6 Å². The van der Waals surface area contributed by atoms with Crippen molar-refractivity contribution in [2.45, 2.75) is 26.7 Å². The molecular formula is C19H24N4O. The van der Waals surface area contributed by atoms with Crippen LogP contribution in [0, 0.1) is 13.8 Å². The number of benzene rings is 1. The van der Waals surface area contributed by atoms with Gasteiger partial charge in [-0.2, -0.15) is 0 Å². The van der Waals surface area contributed by atoms with Gasteiger partial charge < -0.3 is 9.80 Å². The third-order valence-electron chi connectivity index (χ3n) is 4.74. The van der Waals surface area contributed by atoms with Gasteiger partial charge in [0, 0.05) is 32.5 Å². The van der Waals surface area contributed by atoms with E-state index in [1.807, 2.05) is 24.3 Å². The van der Waals surface area contributed by atoms with Crippen LogP contribution in [0.15, 0.2) is 30.6 Å². The quantitative estimate of drug-likeness (QED) is 0.865. The van der Waals surface area contributed by atoms with Gasteiger partial charge >= 0.3 is 0 Å². The van der Waals surface area contributed by atoms with Crippen LogP contribution in [0.4, 0.5) is 5.95 Å². The van der Waals surface area contributed by atoms with E-state index in [-0.39, 0.29) is 5.91 Å². The SMILES string of the molecule is Cc1cccc(C)c1CCc1cnc(N2CCN(C)C(=O)C2)nc1. The van der Waals surface area contributed by atoms with Crippen molar-refractivity contribution in [3.05, 3.63) is 52.8 Å². The number of rotatable bonds is 4. The predicted octanol–water partition coefficient (Wildman–Crippen LogP) is 2.16. The number of aryl methyl sites for hydroxylation is 3. The Hall–Kier alpha value is -2.43. The zero-order valence-electron chi connectivity index (χ0n) is 14.6. The van der Waals surface area contributed by atoms with Crippen molar-refractivity contribution in [1.82, 2.24) is 14.9 Å². The van der Waals surface area contributed by atoms with Crippen LogP contribution in [0.2, 0.25) is 0 Å². The number of likely N-dealkylation sites (N-methyl/N-ethyl adjacent to an activating group) is 1. The Kier molecular flexibility index (Phi) is 4.79. The van der Waals surface area contributed by atoms with Gasteiger partial charge in [0.15, 0.2) is 0 Å². The second-order valence-corrected chi connectivity index (χ2v) is 6.50. The highest BCUT2D eigenvalue weighted by Gasteiger charge is 2.22. The molecule has 0 unspecified atom stereocenters. The topological polar surface area (TPSA) is 49.3 Å². The largest absolute Gasteiger partial charge is 0.342 e. The fourth-order valence-corrected chi connectivity index (χ4v) is 3.08. The molecule has 0 radical (unpaired) electrons. The van der Waals surface area contributed by atoms with E-state index < -0.39 is 0 Å². The lowest BCUT2D eigenvalue weighted by Gasteiger charge is -2.31. The number of carbonyl (C=O) groups is 1. The van der Waals surface area contributed by atoms with Crippen LogP contribution in [0.25, 0.3) is 0 Å². The van der Waals surface area contributed by atoms with E-state index >= 15 is 0 Å². The van der Waals surface area contributed by atoms with E-state index in [0.717, 1.165) is 31.5 Å². The number of amides is 1. The maximum Gasteiger partial charge on any atom is 0.242 e. The van der Waals surface area contributed by atoms with Crippen LogP contribution in [0.3, 0.4) is 0 Å². The lowest BCUT2D eigenvalue weighted by molar-refractivity contribution is -0.129. The summed E-state index contributed by atoms with van der Waals surface area (Å²) in [6, 6.07) is 6.42. The summed E-state index contributed by atoms with van der Waals surface area (Å²) in [6.45, 7) is 6.18. The zero-order valence-corrected chi connectivity index (χ0v) is 14.6. The number of carbonyl (C=O) groups excluding carboxylic acids is 1. The third kappa shape index (κ3) is 3.55. The third-order valence-corrected chi connectivity index (χ3v) is 4.74. The maximum absolute atomic E-state index is 11.8. The molecule has 0 bridgehead atoms. The van der Waals surface area contributed by atoms with Crippen molar-refractivity contribution in [3.63, 3.8) is 0 Å². The number of nitrogens with zero attached hydrogens (tertiary/aromatic N) is 4. The first kappa shape index (κ1) is 16.4. The molecule has 0 saturated carbocycles. The number of hydrogen-bond acceptors (Lipinski definition) is 4. The summed E-state index contributed by atoms with van der Waals surface area (Å²) in [4.78, 5) is 24.4. The van der Waals surface area contributed by atoms with Crippen molar-refractivity contribution in [2.24, 2.45) is 0 Å². The molecule has 0 spiro atoms. The highest BCUT2D eigenvalue weighted by Crippen LogP contribution is 2.17. The Morgan fingerprint density at radius 1 is 1.04 bits per heavy atom. The van der Waals surface area contributed by atoms with E-state index in [0.29, 0.717) is 12.5 Å². The zero-order chi connectivity index (χ0) is 17.1. The van der Waals surface area contributed by atoms with E-state index in [1.165, 1.54) is 16.7 Å². The number of aromatic nitrogens is 2. The van der Waals surface area contributed by atoms with E-state index in [1.54, 1.807) is 4.90 Å². The summed E-state index contributed by atoms with van der Waals surface area (Å²) in [5, 5.41) is 0. The molecule has 2 aromatic rings. The normalized spacial score (nSPS) is 15.0. The molecule has 2 heterocycles. The average molecular weight is 324 g/mol.